The molecule has 2 aliphatic heterocycles. The van der Waals surface area contributed by atoms with Crippen molar-refractivity contribution in [3.05, 3.63) is 59.6 Å². The molecule has 0 unspecified atom stereocenters. The van der Waals surface area contributed by atoms with E-state index in [1.807, 2.05) is 36.4 Å². The number of benzene rings is 2. The van der Waals surface area contributed by atoms with E-state index in [-0.39, 0.29) is 0 Å². The Balaban J connectivity index is 2.19. The van der Waals surface area contributed by atoms with Gasteiger partial charge in [-0.05, 0) is 41.1 Å². The molecule has 3 heteroatoms. The molecule has 4 rings (SSSR count). The molecule has 0 saturated carbocycles. The van der Waals surface area contributed by atoms with Gasteiger partial charge in [0.25, 0.3) is 0 Å². The third kappa shape index (κ3) is 1.27. The van der Waals surface area contributed by atoms with Gasteiger partial charge in [-0.3, -0.25) is 0 Å². The maximum Gasteiger partial charge on any atom is 0.152 e. The van der Waals surface area contributed by atoms with Crippen LogP contribution in [0.15, 0.2) is 54.1 Å². The van der Waals surface area contributed by atoms with Gasteiger partial charge in [0.15, 0.2) is 5.75 Å². The predicted octanol–water partition coefficient (Wildman–Crippen LogP) is 2.01. The zero-order valence-corrected chi connectivity index (χ0v) is 9.46. The molecule has 0 N–H and O–H groups in total. The van der Waals surface area contributed by atoms with Crippen molar-refractivity contribution in [1.29, 1.82) is 0 Å². The van der Waals surface area contributed by atoms with Gasteiger partial charge >= 0.3 is 0 Å². The van der Waals surface area contributed by atoms with Gasteiger partial charge in [-0.1, -0.05) is 6.07 Å². The topological polar surface area (TPSA) is 30.8 Å². The molecule has 0 radical (unpaired) electrons. The highest BCUT2D eigenvalue weighted by atomic mass is 16.5. The fourth-order valence-corrected chi connectivity index (χ4v) is 2.28. The number of fused-ring (bicyclic) bond motifs is 4. The Kier molecular flexibility index (Phi) is 1.83. The molecule has 0 saturated heterocycles. The molecular weight excluding hydrogens is 226 g/mol. The molecule has 0 aromatic heterocycles. The minimum atomic E-state index is 0.789. The fourth-order valence-electron chi connectivity index (χ4n) is 2.28. The van der Waals surface area contributed by atoms with Crippen molar-refractivity contribution in [2.24, 2.45) is 4.99 Å². The molecule has 2 aromatic rings. The van der Waals surface area contributed by atoms with Crippen molar-refractivity contribution < 1.29 is 9.47 Å². The molecule has 0 fully saturated rings. The third-order valence-electron chi connectivity index (χ3n) is 3.11. The van der Waals surface area contributed by atoms with Crippen LogP contribution in [0.1, 0.15) is 0 Å². The lowest BCUT2D eigenvalue weighted by molar-refractivity contribution is 0.466. The summed E-state index contributed by atoms with van der Waals surface area (Å²) in [6, 6.07) is 8.04. The number of rotatable bonds is 0. The first kappa shape index (κ1) is 9.48. The van der Waals surface area contributed by atoms with E-state index in [2.05, 4.69) is 4.99 Å². The second-order valence-electron chi connectivity index (χ2n) is 4.16. The van der Waals surface area contributed by atoms with E-state index in [1.54, 1.807) is 18.7 Å². The summed E-state index contributed by atoms with van der Waals surface area (Å²) >= 11 is 0. The van der Waals surface area contributed by atoms with Crippen molar-refractivity contribution in [1.82, 2.24) is 0 Å². The van der Waals surface area contributed by atoms with E-state index in [4.69, 9.17) is 9.47 Å². The highest BCUT2D eigenvalue weighted by molar-refractivity contribution is 5.87. The van der Waals surface area contributed by atoms with Gasteiger partial charge in [-0.2, -0.15) is 0 Å². The van der Waals surface area contributed by atoms with Gasteiger partial charge in [-0.15, -0.1) is 0 Å². The Hall–Kier alpha value is -2.55. The predicted molar refractivity (Wildman–Crippen MR) is 68.7 cm³/mol. The first-order chi connectivity index (χ1) is 8.92. The molecule has 2 heterocycles. The molecule has 0 atom stereocenters. The second kappa shape index (κ2) is 3.47. The van der Waals surface area contributed by atoms with Crippen LogP contribution in [0.25, 0.3) is 16.8 Å². The number of ether oxygens (including phenoxy) is 2. The molecule has 18 heavy (non-hydrogen) atoms. The minimum absolute atomic E-state index is 0.789. The van der Waals surface area contributed by atoms with Crippen LogP contribution in [0.3, 0.4) is 0 Å². The van der Waals surface area contributed by atoms with Gasteiger partial charge in [0.2, 0.25) is 0 Å². The maximum atomic E-state index is 5.49. The van der Waals surface area contributed by atoms with Crippen molar-refractivity contribution >= 4 is 16.8 Å². The largest absolute Gasteiger partial charge is 0.464 e. The van der Waals surface area contributed by atoms with E-state index in [0.717, 1.165) is 32.8 Å². The fraction of sp³-hybridized carbons (Fsp3) is 0. The first-order valence-electron chi connectivity index (χ1n) is 5.72. The monoisotopic (exact) mass is 235 g/mol. The molecule has 86 valence electrons. The van der Waals surface area contributed by atoms with Crippen molar-refractivity contribution in [3.63, 3.8) is 0 Å². The van der Waals surface area contributed by atoms with E-state index in [9.17, 15) is 0 Å². The van der Waals surface area contributed by atoms with Gasteiger partial charge in [-0.25, -0.2) is 4.99 Å². The molecule has 0 amide bonds. The summed E-state index contributed by atoms with van der Waals surface area (Å²) in [4.78, 5) is 4.31. The minimum Gasteiger partial charge on any atom is -0.464 e. The van der Waals surface area contributed by atoms with E-state index >= 15 is 0 Å². The van der Waals surface area contributed by atoms with Crippen molar-refractivity contribution in [3.8, 4) is 11.5 Å². The summed E-state index contributed by atoms with van der Waals surface area (Å²) in [5, 5.41) is 4.18. The van der Waals surface area contributed by atoms with Gasteiger partial charge < -0.3 is 9.47 Å². The average molecular weight is 235 g/mol. The van der Waals surface area contributed by atoms with E-state index in [0.29, 0.717) is 0 Å². The number of hydrogen-bond donors (Lipinski definition) is 0. The lowest BCUT2D eigenvalue weighted by atomic mass is 10.1. The summed E-state index contributed by atoms with van der Waals surface area (Å²) in [6.07, 6.45) is 8.87. The van der Waals surface area contributed by atoms with Crippen LogP contribution in [0.4, 0.5) is 0 Å². The molecule has 2 aromatic carbocycles. The van der Waals surface area contributed by atoms with Crippen molar-refractivity contribution in [2.75, 3.05) is 0 Å². The van der Waals surface area contributed by atoms with Crippen LogP contribution in [-0.4, -0.2) is 0 Å². The number of nitrogens with zero attached hydrogens (tertiary/aromatic N) is 1. The lowest BCUT2D eigenvalue weighted by Gasteiger charge is -2.10. The van der Waals surface area contributed by atoms with Crippen LogP contribution >= 0.6 is 0 Å². The average Bonchev–Trinajstić information content (AvgIpc) is 2.45. The van der Waals surface area contributed by atoms with Gasteiger partial charge in [0.05, 0.1) is 12.5 Å². The Bertz CT molecular complexity index is 832. The molecule has 0 spiro atoms. The quantitative estimate of drug-likeness (QED) is 0.699. The molecule has 3 nitrogen and oxygen atoms in total. The van der Waals surface area contributed by atoms with E-state index < -0.39 is 0 Å². The van der Waals surface area contributed by atoms with Crippen LogP contribution in [-0.2, 0) is 0 Å². The van der Waals surface area contributed by atoms with Crippen LogP contribution in [0.2, 0.25) is 0 Å². The normalized spacial score (nSPS) is 14.9. The highest BCUT2D eigenvalue weighted by Crippen LogP contribution is 2.20. The Morgan fingerprint density at radius 3 is 2.89 bits per heavy atom. The first-order valence-corrected chi connectivity index (χ1v) is 5.72. The Morgan fingerprint density at radius 1 is 0.944 bits per heavy atom. The lowest BCUT2D eigenvalue weighted by Crippen LogP contribution is -2.14. The summed E-state index contributed by atoms with van der Waals surface area (Å²) in [6.45, 7) is 0. The number of hydrogen-bond acceptors (Lipinski definition) is 3. The van der Waals surface area contributed by atoms with Crippen LogP contribution < -0.4 is 20.0 Å². The Morgan fingerprint density at radius 2 is 1.89 bits per heavy atom. The summed E-state index contributed by atoms with van der Waals surface area (Å²) in [5.41, 5.74) is 0. The van der Waals surface area contributed by atoms with Gasteiger partial charge in [0.1, 0.15) is 17.4 Å². The van der Waals surface area contributed by atoms with Gasteiger partial charge in [0, 0.05) is 5.22 Å². The summed E-state index contributed by atoms with van der Waals surface area (Å²) < 4.78 is 10.9. The SMILES string of the molecule is C1=COc2ccc3cc4c(cc3c2=C1)=NC=CO4. The standard InChI is InChI=1S/C15H9NO2/c1-2-11-12-9-13-15(18-7-5-16-13)8-10(12)3-4-14(11)17-6-1/h1-9H. The maximum absolute atomic E-state index is 5.49. The molecule has 0 aliphatic carbocycles. The molecule has 2 aliphatic rings. The van der Waals surface area contributed by atoms with E-state index in [1.165, 1.54) is 0 Å². The third-order valence-corrected chi connectivity index (χ3v) is 3.11. The Labute approximate surface area is 103 Å². The van der Waals surface area contributed by atoms with Crippen LogP contribution in [0.5, 0.6) is 11.5 Å². The zero-order chi connectivity index (χ0) is 11.9. The summed E-state index contributed by atoms with van der Waals surface area (Å²) in [7, 11) is 0. The number of allylic oxidation sites excluding steroid dienone is 1. The summed E-state index contributed by atoms with van der Waals surface area (Å²) in [5.74, 6) is 1.66. The smallest absolute Gasteiger partial charge is 0.152 e. The molecule has 0 bridgehead atoms. The highest BCUT2D eigenvalue weighted by Gasteiger charge is 2.08. The van der Waals surface area contributed by atoms with Crippen molar-refractivity contribution in [2.45, 2.75) is 0 Å². The molecular formula is C15H9NO2. The van der Waals surface area contributed by atoms with Crippen LogP contribution in [0, 0.1) is 0 Å². The second-order valence-corrected chi connectivity index (χ2v) is 4.16. The zero-order valence-electron chi connectivity index (χ0n) is 9.46.